The highest BCUT2D eigenvalue weighted by Gasteiger charge is 2.35. The second kappa shape index (κ2) is 6.37. The quantitative estimate of drug-likeness (QED) is 0.476. The molecule has 0 atom stereocenters. The van der Waals surface area contributed by atoms with Crippen LogP contribution in [-0.4, -0.2) is 47.4 Å². The van der Waals surface area contributed by atoms with E-state index in [0.29, 0.717) is 11.3 Å². The molecular formula is C15H13N3O3S. The normalized spacial score (nSPS) is 15.0. The maximum atomic E-state index is 12.2. The first kappa shape index (κ1) is 15.7. The van der Waals surface area contributed by atoms with E-state index in [9.17, 15) is 9.59 Å². The summed E-state index contributed by atoms with van der Waals surface area (Å²) in [6.45, 7) is -0.0373. The zero-order valence-electron chi connectivity index (χ0n) is 12.1. The molecule has 1 fully saturated rings. The summed E-state index contributed by atoms with van der Waals surface area (Å²) >= 11 is 5.02. The third kappa shape index (κ3) is 2.97. The Morgan fingerprint density at radius 2 is 1.73 bits per heavy atom. The van der Waals surface area contributed by atoms with Crippen LogP contribution in [0.3, 0.4) is 0 Å². The first-order valence-electron chi connectivity index (χ1n) is 6.37. The molecule has 1 aromatic carbocycles. The van der Waals surface area contributed by atoms with Crippen molar-refractivity contribution in [3.63, 3.8) is 0 Å². The zero-order valence-corrected chi connectivity index (χ0v) is 12.9. The highest BCUT2D eigenvalue weighted by Crippen LogP contribution is 2.19. The molecule has 1 saturated heterocycles. The summed E-state index contributed by atoms with van der Waals surface area (Å²) in [6, 6.07) is 8.61. The van der Waals surface area contributed by atoms with Crippen LogP contribution < -0.4 is 4.74 Å². The summed E-state index contributed by atoms with van der Waals surface area (Å²) in [5.41, 5.74) is 0.722. The van der Waals surface area contributed by atoms with Gasteiger partial charge >= 0.3 is 0 Å². The first-order valence-corrected chi connectivity index (χ1v) is 6.78. The van der Waals surface area contributed by atoms with Crippen LogP contribution in [0.5, 0.6) is 5.75 Å². The molecule has 0 unspecified atom stereocenters. The third-order valence-corrected chi connectivity index (χ3v) is 3.69. The van der Waals surface area contributed by atoms with E-state index in [4.69, 9.17) is 22.2 Å². The van der Waals surface area contributed by atoms with Gasteiger partial charge in [-0.05, 0) is 36.0 Å². The lowest BCUT2D eigenvalue weighted by Gasteiger charge is -2.31. The molecule has 1 aliphatic heterocycles. The molecule has 7 heteroatoms. The predicted octanol–water partition coefficient (Wildman–Crippen LogP) is 1.19. The van der Waals surface area contributed by atoms with Crippen LogP contribution in [0.2, 0.25) is 0 Å². The van der Waals surface area contributed by atoms with E-state index in [0.717, 1.165) is 0 Å². The van der Waals surface area contributed by atoms with Crippen molar-refractivity contribution in [3.8, 4) is 11.8 Å². The lowest BCUT2D eigenvalue weighted by molar-refractivity contribution is -0.132. The van der Waals surface area contributed by atoms with Crippen LogP contribution in [-0.2, 0) is 9.59 Å². The fourth-order valence-corrected chi connectivity index (χ4v) is 2.08. The van der Waals surface area contributed by atoms with Crippen LogP contribution >= 0.6 is 12.2 Å². The molecule has 6 nitrogen and oxygen atoms in total. The molecule has 0 aliphatic carbocycles. The maximum Gasteiger partial charge on any atom is 0.265 e. The number of carbonyl (C=O) groups excluding carboxylic acids is 2. The minimum absolute atomic E-state index is 0.0373. The summed E-state index contributed by atoms with van der Waals surface area (Å²) in [6.07, 6.45) is 1.51. The second-order valence-electron chi connectivity index (χ2n) is 4.58. The van der Waals surface area contributed by atoms with E-state index in [2.05, 4.69) is 0 Å². The standard InChI is InChI=1S/C15H13N3O3S/c1-17-13(19)12(14(20)18(2)15(17)22)9-10-3-5-11(6-4-10)21-8-7-16/h3-6,9H,8H2,1-2H3. The first-order chi connectivity index (χ1) is 10.5. The summed E-state index contributed by atoms with van der Waals surface area (Å²) in [7, 11) is 3.06. The van der Waals surface area contributed by atoms with Gasteiger partial charge in [-0.25, -0.2) is 0 Å². The van der Waals surface area contributed by atoms with Gasteiger partial charge in [0.1, 0.15) is 17.4 Å². The monoisotopic (exact) mass is 315 g/mol. The van der Waals surface area contributed by atoms with Gasteiger partial charge in [0, 0.05) is 14.1 Å². The average Bonchev–Trinajstić information content (AvgIpc) is 2.54. The molecule has 22 heavy (non-hydrogen) atoms. The minimum atomic E-state index is -0.432. The van der Waals surface area contributed by atoms with Crippen molar-refractivity contribution in [2.75, 3.05) is 20.7 Å². The molecule has 0 saturated carbocycles. The molecule has 0 radical (unpaired) electrons. The Morgan fingerprint density at radius 1 is 1.18 bits per heavy atom. The van der Waals surface area contributed by atoms with E-state index >= 15 is 0 Å². The summed E-state index contributed by atoms with van der Waals surface area (Å²) < 4.78 is 5.14. The predicted molar refractivity (Wildman–Crippen MR) is 83.7 cm³/mol. The van der Waals surface area contributed by atoms with Crippen molar-refractivity contribution in [2.24, 2.45) is 0 Å². The number of ether oxygens (including phenoxy) is 1. The molecule has 1 aliphatic rings. The highest BCUT2D eigenvalue weighted by atomic mass is 32.1. The molecule has 0 bridgehead atoms. The SMILES string of the molecule is CN1C(=O)C(=Cc2ccc(OCC#N)cc2)C(=O)N(C)C1=S. The number of hydrogen-bond donors (Lipinski definition) is 0. The van der Waals surface area contributed by atoms with Crippen LogP contribution in [0, 0.1) is 11.3 Å². The number of likely N-dealkylation sites (N-methyl/N-ethyl adjacent to an activating group) is 2. The average molecular weight is 315 g/mol. The largest absolute Gasteiger partial charge is 0.479 e. The number of rotatable bonds is 3. The lowest BCUT2D eigenvalue weighted by Crippen LogP contribution is -2.52. The van der Waals surface area contributed by atoms with E-state index in [1.807, 2.05) is 6.07 Å². The van der Waals surface area contributed by atoms with Crippen molar-refractivity contribution in [1.82, 2.24) is 9.80 Å². The van der Waals surface area contributed by atoms with Gasteiger partial charge in [-0.3, -0.25) is 19.4 Å². The third-order valence-electron chi connectivity index (χ3n) is 3.14. The number of hydrogen-bond acceptors (Lipinski definition) is 5. The molecule has 112 valence electrons. The van der Waals surface area contributed by atoms with Crippen molar-refractivity contribution >= 4 is 35.2 Å². The Hall–Kier alpha value is -2.72. The molecule has 0 spiro atoms. The van der Waals surface area contributed by atoms with Crippen LogP contribution in [0.1, 0.15) is 5.56 Å². The van der Waals surface area contributed by atoms with Gasteiger partial charge in [0.05, 0.1) is 0 Å². The van der Waals surface area contributed by atoms with Crippen LogP contribution in [0.15, 0.2) is 29.8 Å². The maximum absolute atomic E-state index is 12.2. The van der Waals surface area contributed by atoms with Crippen molar-refractivity contribution in [2.45, 2.75) is 0 Å². The van der Waals surface area contributed by atoms with E-state index in [1.165, 1.54) is 30.0 Å². The molecular weight excluding hydrogens is 302 g/mol. The molecule has 1 heterocycles. The number of nitriles is 1. The number of amides is 2. The van der Waals surface area contributed by atoms with Crippen molar-refractivity contribution in [3.05, 3.63) is 35.4 Å². The summed E-state index contributed by atoms with van der Waals surface area (Å²) in [5, 5.41) is 8.62. The highest BCUT2D eigenvalue weighted by molar-refractivity contribution is 7.80. The van der Waals surface area contributed by atoms with Crippen molar-refractivity contribution in [1.29, 1.82) is 5.26 Å². The van der Waals surface area contributed by atoms with Crippen molar-refractivity contribution < 1.29 is 14.3 Å². The van der Waals surface area contributed by atoms with E-state index < -0.39 is 11.8 Å². The van der Waals surface area contributed by atoms with Gasteiger partial charge < -0.3 is 4.74 Å². The Kier molecular flexibility index (Phi) is 4.53. The fraction of sp³-hybridized carbons (Fsp3) is 0.200. The number of benzene rings is 1. The molecule has 1 aromatic rings. The minimum Gasteiger partial charge on any atom is -0.479 e. The molecule has 0 aromatic heterocycles. The fourth-order valence-electron chi connectivity index (χ4n) is 1.92. The lowest BCUT2D eigenvalue weighted by atomic mass is 10.1. The number of carbonyl (C=O) groups is 2. The van der Waals surface area contributed by atoms with Crippen LogP contribution in [0.25, 0.3) is 6.08 Å². The Labute approximate surface area is 133 Å². The van der Waals surface area contributed by atoms with Crippen LogP contribution in [0.4, 0.5) is 0 Å². The summed E-state index contributed by atoms with van der Waals surface area (Å²) in [4.78, 5) is 26.8. The van der Waals surface area contributed by atoms with Gasteiger partial charge in [0.2, 0.25) is 0 Å². The Balaban J connectivity index is 2.28. The zero-order chi connectivity index (χ0) is 16.3. The molecule has 0 N–H and O–H groups in total. The molecule has 2 rings (SSSR count). The smallest absolute Gasteiger partial charge is 0.265 e. The van der Waals surface area contributed by atoms with Gasteiger partial charge in [0.15, 0.2) is 11.7 Å². The molecule has 2 amide bonds. The van der Waals surface area contributed by atoms with Gasteiger partial charge in [0.25, 0.3) is 11.8 Å². The van der Waals surface area contributed by atoms with E-state index in [1.54, 1.807) is 24.3 Å². The number of nitrogens with zero attached hydrogens (tertiary/aromatic N) is 3. The topological polar surface area (TPSA) is 73.6 Å². The van der Waals surface area contributed by atoms with Gasteiger partial charge in [-0.2, -0.15) is 5.26 Å². The second-order valence-corrected chi connectivity index (χ2v) is 4.95. The van der Waals surface area contributed by atoms with Gasteiger partial charge in [-0.1, -0.05) is 12.1 Å². The van der Waals surface area contributed by atoms with E-state index in [-0.39, 0.29) is 17.3 Å². The number of thiocarbonyl (C=S) groups is 1. The van der Waals surface area contributed by atoms with Gasteiger partial charge in [-0.15, -0.1) is 0 Å². The Morgan fingerprint density at radius 3 is 2.23 bits per heavy atom. The Bertz CT molecular complexity index is 678. The summed E-state index contributed by atoms with van der Waals surface area (Å²) in [5.74, 6) is -0.323.